The highest BCUT2D eigenvalue weighted by Crippen LogP contribution is 2.25. The quantitative estimate of drug-likeness (QED) is 0.609. The summed E-state index contributed by atoms with van der Waals surface area (Å²) in [6.07, 6.45) is 1.43. The number of nitrogens with zero attached hydrogens (tertiary/aromatic N) is 1. The van der Waals surface area contributed by atoms with Gasteiger partial charge in [0.15, 0.2) is 5.11 Å². The third-order valence-electron chi connectivity index (χ3n) is 3.68. The van der Waals surface area contributed by atoms with Gasteiger partial charge in [-0.3, -0.25) is 9.69 Å². The Morgan fingerprint density at radius 1 is 1.19 bits per heavy atom. The number of amides is 1. The standard InChI is InChI=1S/C18H13ClF2N2O2S/c19-13-7-3-1-6-12(13)10-23-16(24)14(22-18(23)26)9-11-5-2-4-8-15(11)25-17(20)21/h1-9,17H,10H2,(H,22,26)/b14-9-. The second kappa shape index (κ2) is 7.80. The van der Waals surface area contributed by atoms with E-state index in [1.807, 2.05) is 6.07 Å². The number of halogens is 3. The number of ether oxygens (including phenoxy) is 1. The van der Waals surface area contributed by atoms with Gasteiger partial charge >= 0.3 is 6.61 Å². The maximum atomic E-state index is 12.6. The van der Waals surface area contributed by atoms with Gasteiger partial charge in [0.2, 0.25) is 0 Å². The van der Waals surface area contributed by atoms with E-state index in [0.717, 1.165) is 5.56 Å². The van der Waals surface area contributed by atoms with Crippen molar-refractivity contribution < 1.29 is 18.3 Å². The second-order valence-electron chi connectivity index (χ2n) is 5.39. The lowest BCUT2D eigenvalue weighted by atomic mass is 10.1. The lowest BCUT2D eigenvalue weighted by molar-refractivity contribution is -0.122. The van der Waals surface area contributed by atoms with Crippen LogP contribution in [0, 0.1) is 0 Å². The average molecular weight is 395 g/mol. The zero-order valence-electron chi connectivity index (χ0n) is 13.3. The fraction of sp³-hybridized carbons (Fsp3) is 0.111. The first-order chi connectivity index (χ1) is 12.5. The van der Waals surface area contributed by atoms with Crippen LogP contribution in [0.15, 0.2) is 54.2 Å². The molecule has 1 heterocycles. The molecule has 0 atom stereocenters. The predicted molar refractivity (Wildman–Crippen MR) is 98.8 cm³/mol. The van der Waals surface area contributed by atoms with Gasteiger partial charge in [-0.2, -0.15) is 8.78 Å². The van der Waals surface area contributed by atoms with Gasteiger partial charge in [0.1, 0.15) is 11.4 Å². The predicted octanol–water partition coefficient (Wildman–Crippen LogP) is 4.20. The highest BCUT2D eigenvalue weighted by atomic mass is 35.5. The molecule has 1 N–H and O–H groups in total. The van der Waals surface area contributed by atoms with Crippen molar-refractivity contribution in [1.29, 1.82) is 0 Å². The van der Waals surface area contributed by atoms with E-state index in [2.05, 4.69) is 10.1 Å². The number of alkyl halides is 2. The van der Waals surface area contributed by atoms with Crippen LogP contribution in [0.1, 0.15) is 11.1 Å². The molecule has 0 bridgehead atoms. The summed E-state index contributed by atoms with van der Waals surface area (Å²) >= 11 is 11.3. The molecule has 4 nitrogen and oxygen atoms in total. The van der Waals surface area contributed by atoms with Gasteiger partial charge in [-0.25, -0.2) is 0 Å². The maximum absolute atomic E-state index is 12.6. The van der Waals surface area contributed by atoms with Crippen molar-refractivity contribution in [2.75, 3.05) is 0 Å². The fourth-order valence-electron chi connectivity index (χ4n) is 2.47. The summed E-state index contributed by atoms with van der Waals surface area (Å²) in [6, 6.07) is 13.3. The van der Waals surface area contributed by atoms with Gasteiger partial charge in [0.05, 0.1) is 6.54 Å². The van der Waals surface area contributed by atoms with Gasteiger partial charge in [0.25, 0.3) is 5.91 Å². The summed E-state index contributed by atoms with van der Waals surface area (Å²) in [5.74, 6) is -0.401. The summed E-state index contributed by atoms with van der Waals surface area (Å²) in [6.45, 7) is -2.75. The van der Waals surface area contributed by atoms with Gasteiger partial charge in [-0.05, 0) is 36.0 Å². The van der Waals surface area contributed by atoms with Crippen LogP contribution < -0.4 is 10.1 Å². The first-order valence-corrected chi connectivity index (χ1v) is 8.36. The van der Waals surface area contributed by atoms with Crippen molar-refractivity contribution in [3.05, 3.63) is 70.4 Å². The van der Waals surface area contributed by atoms with E-state index in [0.29, 0.717) is 10.6 Å². The van der Waals surface area contributed by atoms with E-state index < -0.39 is 6.61 Å². The Balaban J connectivity index is 1.85. The monoisotopic (exact) mass is 394 g/mol. The minimum atomic E-state index is -2.96. The Kier molecular flexibility index (Phi) is 5.49. The highest BCUT2D eigenvalue weighted by molar-refractivity contribution is 7.80. The number of nitrogens with one attached hydrogen (secondary N) is 1. The number of carbonyl (C=O) groups excluding carboxylic acids is 1. The van der Waals surface area contributed by atoms with E-state index >= 15 is 0 Å². The molecular weight excluding hydrogens is 382 g/mol. The van der Waals surface area contributed by atoms with Crippen molar-refractivity contribution >= 4 is 40.9 Å². The number of carbonyl (C=O) groups is 1. The Morgan fingerprint density at radius 3 is 2.62 bits per heavy atom. The molecule has 0 unspecified atom stereocenters. The van der Waals surface area contributed by atoms with Crippen molar-refractivity contribution in [2.24, 2.45) is 0 Å². The minimum absolute atomic E-state index is 0.0277. The molecule has 1 fully saturated rings. The van der Waals surface area contributed by atoms with Crippen molar-refractivity contribution in [1.82, 2.24) is 10.2 Å². The molecule has 1 amide bonds. The van der Waals surface area contributed by atoms with Crippen LogP contribution in [0.4, 0.5) is 8.78 Å². The number of hydrogen-bond donors (Lipinski definition) is 1. The van der Waals surface area contributed by atoms with E-state index in [4.69, 9.17) is 23.8 Å². The van der Waals surface area contributed by atoms with Gasteiger partial charge in [-0.1, -0.05) is 48.0 Å². The van der Waals surface area contributed by atoms with Crippen molar-refractivity contribution in [3.8, 4) is 5.75 Å². The van der Waals surface area contributed by atoms with Gasteiger partial charge in [-0.15, -0.1) is 0 Å². The largest absolute Gasteiger partial charge is 0.434 e. The van der Waals surface area contributed by atoms with Crippen LogP contribution >= 0.6 is 23.8 Å². The topological polar surface area (TPSA) is 41.6 Å². The van der Waals surface area contributed by atoms with Gasteiger partial charge < -0.3 is 10.1 Å². The van der Waals surface area contributed by atoms with Crippen LogP contribution in [-0.2, 0) is 11.3 Å². The molecule has 3 rings (SSSR count). The summed E-state index contributed by atoms with van der Waals surface area (Å²) in [4.78, 5) is 14.0. The Labute approximate surface area is 159 Å². The molecule has 1 aliphatic rings. The lowest BCUT2D eigenvalue weighted by Gasteiger charge is -2.14. The zero-order chi connectivity index (χ0) is 18.7. The lowest BCUT2D eigenvalue weighted by Crippen LogP contribution is -2.30. The number of hydrogen-bond acceptors (Lipinski definition) is 3. The molecule has 0 aliphatic carbocycles. The van der Waals surface area contributed by atoms with Gasteiger partial charge in [0, 0.05) is 10.6 Å². The van der Waals surface area contributed by atoms with Crippen molar-refractivity contribution in [2.45, 2.75) is 13.2 Å². The van der Waals surface area contributed by atoms with Crippen LogP contribution in [0.2, 0.25) is 5.02 Å². The summed E-state index contributed by atoms with van der Waals surface area (Å²) < 4.78 is 29.5. The normalized spacial score (nSPS) is 15.7. The van der Waals surface area contributed by atoms with E-state index in [1.165, 1.54) is 17.0 Å². The molecule has 26 heavy (non-hydrogen) atoms. The number of para-hydroxylation sites is 1. The Bertz CT molecular complexity index is 889. The van der Waals surface area contributed by atoms with E-state index in [-0.39, 0.29) is 29.0 Å². The number of benzene rings is 2. The summed E-state index contributed by atoms with van der Waals surface area (Å²) in [7, 11) is 0. The molecule has 1 aliphatic heterocycles. The smallest absolute Gasteiger partial charge is 0.387 e. The SMILES string of the molecule is O=C1/C(=C/c2ccccc2OC(F)F)NC(=S)N1Cc1ccccc1Cl. The highest BCUT2D eigenvalue weighted by Gasteiger charge is 2.31. The first kappa shape index (κ1) is 18.3. The molecular formula is C18H13ClF2N2O2S. The van der Waals surface area contributed by atoms with E-state index in [1.54, 1.807) is 36.4 Å². The summed E-state index contributed by atoms with van der Waals surface area (Å²) in [5, 5.41) is 3.55. The third-order valence-corrected chi connectivity index (χ3v) is 4.37. The Hall–Kier alpha value is -2.51. The number of thiocarbonyl (C=S) groups is 1. The molecule has 0 spiro atoms. The maximum Gasteiger partial charge on any atom is 0.387 e. The van der Waals surface area contributed by atoms with E-state index in [9.17, 15) is 13.6 Å². The molecule has 0 radical (unpaired) electrons. The second-order valence-corrected chi connectivity index (χ2v) is 6.18. The fourth-order valence-corrected chi connectivity index (χ4v) is 2.92. The minimum Gasteiger partial charge on any atom is -0.434 e. The molecule has 134 valence electrons. The van der Waals surface area contributed by atoms with Crippen LogP contribution in [0.5, 0.6) is 5.75 Å². The first-order valence-electron chi connectivity index (χ1n) is 7.57. The zero-order valence-corrected chi connectivity index (χ0v) is 14.9. The van der Waals surface area contributed by atoms with Crippen LogP contribution in [0.3, 0.4) is 0 Å². The van der Waals surface area contributed by atoms with Crippen molar-refractivity contribution in [3.63, 3.8) is 0 Å². The Morgan fingerprint density at radius 2 is 1.88 bits per heavy atom. The molecule has 0 saturated carbocycles. The van der Waals surface area contributed by atoms with Crippen LogP contribution in [-0.4, -0.2) is 22.5 Å². The molecule has 2 aromatic rings. The number of rotatable bonds is 5. The molecule has 2 aromatic carbocycles. The molecule has 1 saturated heterocycles. The average Bonchev–Trinajstić information content (AvgIpc) is 2.85. The molecule has 8 heteroatoms. The summed E-state index contributed by atoms with van der Waals surface area (Å²) in [5.41, 5.74) is 1.26. The third kappa shape index (κ3) is 4.00. The molecule has 0 aromatic heterocycles. The van der Waals surface area contributed by atoms with Crippen LogP contribution in [0.25, 0.3) is 6.08 Å².